The third-order valence-electron chi connectivity index (χ3n) is 4.00. The Morgan fingerprint density at radius 3 is 2.71 bits per heavy atom. The summed E-state index contributed by atoms with van der Waals surface area (Å²) >= 11 is 0. The van der Waals surface area contributed by atoms with Gasteiger partial charge in [-0.2, -0.15) is 5.10 Å². The Morgan fingerprint density at radius 1 is 1.29 bits per heavy atom. The second-order valence-electron chi connectivity index (χ2n) is 5.86. The molecule has 1 amide bonds. The number of carbonyl (C=O) groups excluding carboxylic acids is 1. The van der Waals surface area contributed by atoms with E-state index in [0.717, 1.165) is 16.8 Å². The van der Waals surface area contributed by atoms with Crippen molar-refractivity contribution in [3.05, 3.63) is 65.3 Å². The lowest BCUT2D eigenvalue weighted by Crippen LogP contribution is -2.19. The Morgan fingerprint density at radius 2 is 2.04 bits per heavy atom. The molecular weight excluding hydrogens is 304 g/mol. The highest BCUT2D eigenvalue weighted by Gasteiger charge is 2.23. The van der Waals surface area contributed by atoms with E-state index >= 15 is 0 Å². The van der Waals surface area contributed by atoms with Gasteiger partial charge in [0.1, 0.15) is 5.76 Å². The Balaban J connectivity index is 1.67. The molecule has 0 saturated carbocycles. The Kier molecular flexibility index (Phi) is 4.46. The molecule has 0 unspecified atom stereocenters. The summed E-state index contributed by atoms with van der Waals surface area (Å²) in [7, 11) is 0. The summed E-state index contributed by atoms with van der Waals surface area (Å²) in [5.74, 6) is 0.229. The number of hydrogen-bond donors (Lipinski definition) is 1. The van der Waals surface area contributed by atoms with Crippen LogP contribution in [0.3, 0.4) is 0 Å². The van der Waals surface area contributed by atoms with Crippen LogP contribution in [-0.2, 0) is 11.3 Å². The molecule has 2 heterocycles. The third-order valence-corrected chi connectivity index (χ3v) is 4.00. The van der Waals surface area contributed by atoms with Crippen LogP contribution in [0, 0.1) is 13.8 Å². The van der Waals surface area contributed by atoms with Gasteiger partial charge in [-0.15, -0.1) is 0 Å². The molecule has 0 radical (unpaired) electrons. The highest BCUT2D eigenvalue weighted by atomic mass is 16.5. The second-order valence-corrected chi connectivity index (χ2v) is 5.86. The van der Waals surface area contributed by atoms with E-state index in [0.29, 0.717) is 18.0 Å². The first-order valence-corrected chi connectivity index (χ1v) is 7.84. The zero-order chi connectivity index (χ0) is 17.1. The highest BCUT2D eigenvalue weighted by molar-refractivity contribution is 5.95. The van der Waals surface area contributed by atoms with E-state index in [-0.39, 0.29) is 11.8 Å². The fourth-order valence-corrected chi connectivity index (χ4v) is 2.77. The van der Waals surface area contributed by atoms with Crippen molar-refractivity contribution in [1.82, 2.24) is 14.9 Å². The van der Waals surface area contributed by atoms with Gasteiger partial charge >= 0.3 is 0 Å². The number of nitrogens with zero attached hydrogens (tertiary/aromatic N) is 3. The standard InChI is InChI=1S/C18H20N4O2/c1-12(17-13(2)21-24-14(17)3)18(23)20-16-9-19-22(11-16)10-15-7-5-4-6-8-15/h4-9,11-12H,10H2,1-3H3,(H,20,23)/t12-/m1/s1. The molecule has 3 rings (SSSR count). The Labute approximate surface area is 140 Å². The zero-order valence-electron chi connectivity index (χ0n) is 14.0. The summed E-state index contributed by atoms with van der Waals surface area (Å²) in [5, 5.41) is 11.1. The van der Waals surface area contributed by atoms with Gasteiger partial charge in [0.15, 0.2) is 0 Å². The molecule has 0 aliphatic heterocycles. The van der Waals surface area contributed by atoms with E-state index in [4.69, 9.17) is 4.52 Å². The van der Waals surface area contributed by atoms with Gasteiger partial charge in [0, 0.05) is 11.8 Å². The lowest BCUT2D eigenvalue weighted by molar-refractivity contribution is -0.117. The number of aromatic nitrogens is 3. The Hall–Kier alpha value is -2.89. The molecule has 124 valence electrons. The summed E-state index contributed by atoms with van der Waals surface area (Å²) in [6, 6.07) is 10.0. The summed E-state index contributed by atoms with van der Waals surface area (Å²) in [6.45, 7) is 6.16. The van der Waals surface area contributed by atoms with Crippen molar-refractivity contribution in [2.75, 3.05) is 5.32 Å². The van der Waals surface area contributed by atoms with Gasteiger partial charge < -0.3 is 9.84 Å². The van der Waals surface area contributed by atoms with E-state index in [1.807, 2.05) is 57.3 Å². The number of rotatable bonds is 5. The summed E-state index contributed by atoms with van der Waals surface area (Å²) in [6.07, 6.45) is 3.48. The molecule has 1 N–H and O–H groups in total. The van der Waals surface area contributed by atoms with Crippen LogP contribution < -0.4 is 5.32 Å². The van der Waals surface area contributed by atoms with E-state index in [1.54, 1.807) is 10.9 Å². The number of nitrogens with one attached hydrogen (secondary N) is 1. The molecule has 0 saturated heterocycles. The molecule has 6 nitrogen and oxygen atoms in total. The van der Waals surface area contributed by atoms with Gasteiger partial charge in [0.25, 0.3) is 0 Å². The first-order valence-electron chi connectivity index (χ1n) is 7.84. The molecule has 1 aromatic carbocycles. The van der Waals surface area contributed by atoms with Crippen molar-refractivity contribution < 1.29 is 9.32 Å². The minimum Gasteiger partial charge on any atom is -0.361 e. The van der Waals surface area contributed by atoms with Crippen molar-refractivity contribution in [3.63, 3.8) is 0 Å². The second kappa shape index (κ2) is 6.70. The summed E-state index contributed by atoms with van der Waals surface area (Å²) in [5.41, 5.74) is 3.41. The molecule has 2 aromatic heterocycles. The molecule has 0 spiro atoms. The van der Waals surface area contributed by atoms with Gasteiger partial charge in [-0.05, 0) is 26.3 Å². The number of benzene rings is 1. The number of hydrogen-bond acceptors (Lipinski definition) is 4. The smallest absolute Gasteiger partial charge is 0.231 e. The molecule has 1 atom stereocenters. The monoisotopic (exact) mass is 324 g/mol. The molecule has 0 aliphatic carbocycles. The molecule has 0 fully saturated rings. The molecule has 6 heteroatoms. The van der Waals surface area contributed by atoms with Crippen LogP contribution in [0.25, 0.3) is 0 Å². The van der Waals surface area contributed by atoms with Crippen molar-refractivity contribution in [3.8, 4) is 0 Å². The van der Waals surface area contributed by atoms with Crippen LogP contribution in [0.15, 0.2) is 47.2 Å². The number of amides is 1. The first kappa shape index (κ1) is 16.0. The quantitative estimate of drug-likeness (QED) is 0.781. The predicted octanol–water partition coefficient (Wildman–Crippen LogP) is 3.28. The SMILES string of the molecule is Cc1noc(C)c1[C@@H](C)C(=O)Nc1cnn(Cc2ccccc2)c1. The van der Waals surface area contributed by atoms with Crippen LogP contribution in [0.2, 0.25) is 0 Å². The van der Waals surface area contributed by atoms with Gasteiger partial charge in [0.2, 0.25) is 5.91 Å². The summed E-state index contributed by atoms with van der Waals surface area (Å²) < 4.78 is 6.94. The van der Waals surface area contributed by atoms with Gasteiger partial charge in [-0.25, -0.2) is 0 Å². The fourth-order valence-electron chi connectivity index (χ4n) is 2.77. The topological polar surface area (TPSA) is 73.0 Å². The molecule has 24 heavy (non-hydrogen) atoms. The third kappa shape index (κ3) is 3.37. The fraction of sp³-hybridized carbons (Fsp3) is 0.278. The van der Waals surface area contributed by atoms with E-state index < -0.39 is 0 Å². The zero-order valence-corrected chi connectivity index (χ0v) is 14.0. The lowest BCUT2D eigenvalue weighted by atomic mass is 9.99. The molecule has 0 bridgehead atoms. The van der Waals surface area contributed by atoms with Crippen LogP contribution in [0.1, 0.15) is 35.4 Å². The maximum absolute atomic E-state index is 12.5. The number of carbonyl (C=O) groups is 1. The van der Waals surface area contributed by atoms with E-state index in [1.165, 1.54) is 0 Å². The highest BCUT2D eigenvalue weighted by Crippen LogP contribution is 2.24. The van der Waals surface area contributed by atoms with Crippen molar-refractivity contribution in [2.24, 2.45) is 0 Å². The summed E-state index contributed by atoms with van der Waals surface area (Å²) in [4.78, 5) is 12.5. The first-order chi connectivity index (χ1) is 11.5. The van der Waals surface area contributed by atoms with Gasteiger partial charge in [-0.3, -0.25) is 9.48 Å². The van der Waals surface area contributed by atoms with Gasteiger partial charge in [0.05, 0.1) is 30.0 Å². The van der Waals surface area contributed by atoms with Crippen molar-refractivity contribution in [1.29, 1.82) is 0 Å². The van der Waals surface area contributed by atoms with Crippen molar-refractivity contribution >= 4 is 11.6 Å². The van der Waals surface area contributed by atoms with Crippen LogP contribution in [0.4, 0.5) is 5.69 Å². The van der Waals surface area contributed by atoms with Crippen LogP contribution >= 0.6 is 0 Å². The molecular formula is C18H20N4O2. The molecule has 3 aromatic rings. The largest absolute Gasteiger partial charge is 0.361 e. The lowest BCUT2D eigenvalue weighted by Gasteiger charge is -2.10. The maximum atomic E-state index is 12.5. The Bertz CT molecular complexity index is 816. The maximum Gasteiger partial charge on any atom is 0.231 e. The van der Waals surface area contributed by atoms with E-state index in [2.05, 4.69) is 15.6 Å². The predicted molar refractivity (Wildman–Crippen MR) is 90.8 cm³/mol. The number of anilines is 1. The average Bonchev–Trinajstić information content (AvgIpc) is 3.14. The van der Waals surface area contributed by atoms with Crippen LogP contribution in [0.5, 0.6) is 0 Å². The average molecular weight is 324 g/mol. The minimum atomic E-state index is -0.339. The minimum absolute atomic E-state index is 0.108. The van der Waals surface area contributed by atoms with E-state index in [9.17, 15) is 4.79 Å². The normalized spacial score (nSPS) is 12.1. The molecule has 0 aliphatic rings. The van der Waals surface area contributed by atoms with Crippen LogP contribution in [-0.4, -0.2) is 20.8 Å². The van der Waals surface area contributed by atoms with Crippen molar-refractivity contribution in [2.45, 2.75) is 33.2 Å². The van der Waals surface area contributed by atoms with Gasteiger partial charge in [-0.1, -0.05) is 35.5 Å². The number of aryl methyl sites for hydroxylation is 2.